The predicted molar refractivity (Wildman–Crippen MR) is 149 cm³/mol. The molecule has 0 radical (unpaired) electrons. The van der Waals surface area contributed by atoms with Crippen LogP contribution >= 0.6 is 0 Å². The molecule has 0 spiro atoms. The average molecular weight is 531 g/mol. The Morgan fingerprint density at radius 2 is 1.80 bits per heavy atom. The van der Waals surface area contributed by atoms with Gasteiger partial charge in [0.1, 0.15) is 17.5 Å². The predicted octanol–water partition coefficient (Wildman–Crippen LogP) is 3.46. The molecule has 10 heteroatoms. The third-order valence-electron chi connectivity index (χ3n) is 7.13. The van der Waals surface area contributed by atoms with Gasteiger partial charge in [0.15, 0.2) is 0 Å². The molecule has 5 aromatic heterocycles. The van der Waals surface area contributed by atoms with Crippen LogP contribution in [0.1, 0.15) is 24.0 Å². The number of hydrogen-bond acceptors (Lipinski definition) is 8. The Bertz CT molecular complexity index is 1780. The minimum Gasteiger partial charge on any atom is -0.481 e. The fourth-order valence-electron chi connectivity index (χ4n) is 4.88. The lowest BCUT2D eigenvalue weighted by Gasteiger charge is -2.35. The number of ether oxygens (including phenoxy) is 1. The second kappa shape index (κ2) is 10.2. The molecular weight excluding hydrogens is 504 g/mol. The SMILES string of the molecule is COc1ccc(C#CC2(O)CCN(c3ccc(-c4cc(-c5cnn(C)c5)cn5ncc(C#N)c45)cn3)CC2)cn1. The first kappa shape index (κ1) is 25.1. The molecule has 0 amide bonds. The smallest absolute Gasteiger partial charge is 0.212 e. The Labute approximate surface area is 231 Å². The van der Waals surface area contributed by atoms with Crippen molar-refractivity contribution < 1.29 is 9.84 Å². The van der Waals surface area contributed by atoms with Gasteiger partial charge in [0.2, 0.25) is 5.88 Å². The van der Waals surface area contributed by atoms with E-state index in [1.807, 2.05) is 49.9 Å². The Morgan fingerprint density at radius 3 is 2.45 bits per heavy atom. The number of nitrogens with zero attached hydrogens (tertiary/aromatic N) is 8. The van der Waals surface area contributed by atoms with Crippen LogP contribution in [0, 0.1) is 23.2 Å². The Balaban J connectivity index is 1.22. The summed E-state index contributed by atoms with van der Waals surface area (Å²) in [5, 5.41) is 29.4. The molecule has 1 saturated heterocycles. The van der Waals surface area contributed by atoms with Crippen LogP contribution in [0.25, 0.3) is 27.8 Å². The van der Waals surface area contributed by atoms with Crippen molar-refractivity contribution in [1.82, 2.24) is 29.4 Å². The maximum absolute atomic E-state index is 11.0. The number of rotatable bonds is 4. The molecule has 0 bridgehead atoms. The standard InChI is InChI=1S/C30H26N8O2/c1-36-19-25(18-34-36)23-13-26(29-24(14-31)17-35-38(29)20-23)22-4-5-27(32-16-22)37-11-9-30(39,10-12-37)8-7-21-3-6-28(40-2)33-15-21/h3-6,13,15-20,39H,9-12H2,1-2H3. The molecule has 6 heterocycles. The fraction of sp³-hybridized carbons (Fsp3) is 0.233. The van der Waals surface area contributed by atoms with E-state index in [9.17, 15) is 10.4 Å². The second-order valence-corrected chi connectivity index (χ2v) is 9.77. The molecule has 10 nitrogen and oxygen atoms in total. The molecule has 0 unspecified atom stereocenters. The molecule has 5 aromatic rings. The summed E-state index contributed by atoms with van der Waals surface area (Å²) in [4.78, 5) is 11.1. The molecule has 0 saturated carbocycles. The van der Waals surface area contributed by atoms with Gasteiger partial charge >= 0.3 is 0 Å². The first-order chi connectivity index (χ1) is 19.4. The summed E-state index contributed by atoms with van der Waals surface area (Å²) in [5.74, 6) is 7.43. The fourth-order valence-corrected chi connectivity index (χ4v) is 4.88. The van der Waals surface area contributed by atoms with Crippen molar-refractivity contribution >= 4 is 11.3 Å². The number of aryl methyl sites for hydroxylation is 1. The summed E-state index contributed by atoms with van der Waals surface area (Å²) in [6, 6.07) is 11.9. The Kier molecular flexibility index (Phi) is 6.39. The second-order valence-electron chi connectivity index (χ2n) is 9.77. The van der Waals surface area contributed by atoms with Crippen molar-refractivity contribution in [3.8, 4) is 46.0 Å². The van der Waals surface area contributed by atoms with E-state index in [4.69, 9.17) is 9.72 Å². The lowest BCUT2D eigenvalue weighted by Crippen LogP contribution is -2.43. The van der Waals surface area contributed by atoms with Gasteiger partial charge in [0.25, 0.3) is 0 Å². The van der Waals surface area contributed by atoms with E-state index in [2.05, 4.69) is 38.0 Å². The third-order valence-corrected chi connectivity index (χ3v) is 7.13. The van der Waals surface area contributed by atoms with E-state index >= 15 is 0 Å². The number of nitriles is 1. The van der Waals surface area contributed by atoms with E-state index < -0.39 is 5.60 Å². The molecule has 198 valence electrons. The molecule has 1 fully saturated rings. The number of pyridine rings is 3. The molecule has 6 rings (SSSR count). The van der Waals surface area contributed by atoms with Gasteiger partial charge in [-0.05, 0) is 24.3 Å². The van der Waals surface area contributed by atoms with Crippen LogP contribution in [-0.4, -0.2) is 60.3 Å². The summed E-state index contributed by atoms with van der Waals surface area (Å²) in [6.45, 7) is 1.25. The quantitative estimate of drug-likeness (QED) is 0.351. The lowest BCUT2D eigenvalue weighted by atomic mass is 9.91. The summed E-state index contributed by atoms with van der Waals surface area (Å²) in [6.07, 6.45) is 11.7. The van der Waals surface area contributed by atoms with Gasteiger partial charge < -0.3 is 14.7 Å². The van der Waals surface area contributed by atoms with Gasteiger partial charge in [-0.2, -0.15) is 15.5 Å². The molecule has 1 aliphatic heterocycles. The van der Waals surface area contributed by atoms with Crippen molar-refractivity contribution in [3.63, 3.8) is 0 Å². The lowest BCUT2D eigenvalue weighted by molar-refractivity contribution is 0.0745. The summed E-state index contributed by atoms with van der Waals surface area (Å²) in [5.41, 5.74) is 4.54. The average Bonchev–Trinajstić information content (AvgIpc) is 3.62. The van der Waals surface area contributed by atoms with Gasteiger partial charge in [-0.15, -0.1) is 0 Å². The highest BCUT2D eigenvalue weighted by atomic mass is 16.5. The minimum atomic E-state index is -1.07. The van der Waals surface area contributed by atoms with E-state index in [-0.39, 0.29) is 0 Å². The highest BCUT2D eigenvalue weighted by molar-refractivity contribution is 5.87. The summed E-state index contributed by atoms with van der Waals surface area (Å²) >= 11 is 0. The van der Waals surface area contributed by atoms with Crippen LogP contribution in [-0.2, 0) is 7.05 Å². The van der Waals surface area contributed by atoms with Crippen molar-refractivity contribution in [2.24, 2.45) is 7.05 Å². The summed E-state index contributed by atoms with van der Waals surface area (Å²) < 4.78 is 8.57. The Hall–Kier alpha value is -5.19. The normalized spacial score (nSPS) is 14.4. The van der Waals surface area contributed by atoms with Gasteiger partial charge in [-0.3, -0.25) is 4.68 Å². The van der Waals surface area contributed by atoms with Crippen LogP contribution in [0.2, 0.25) is 0 Å². The molecule has 1 aliphatic rings. The molecule has 0 aromatic carbocycles. The van der Waals surface area contributed by atoms with Crippen LogP contribution in [0.5, 0.6) is 5.88 Å². The number of methoxy groups -OCH3 is 1. The van der Waals surface area contributed by atoms with Crippen molar-refractivity contribution in [3.05, 3.63) is 78.6 Å². The van der Waals surface area contributed by atoms with E-state index in [0.29, 0.717) is 37.4 Å². The number of piperidine rings is 1. The maximum Gasteiger partial charge on any atom is 0.212 e. The van der Waals surface area contributed by atoms with Crippen molar-refractivity contribution in [1.29, 1.82) is 5.26 Å². The number of hydrogen-bond donors (Lipinski definition) is 1. The van der Waals surface area contributed by atoms with Crippen LogP contribution in [0.15, 0.2) is 67.5 Å². The first-order valence-electron chi connectivity index (χ1n) is 12.8. The van der Waals surface area contributed by atoms with Crippen LogP contribution < -0.4 is 9.64 Å². The summed E-state index contributed by atoms with van der Waals surface area (Å²) in [7, 11) is 3.44. The zero-order chi connectivity index (χ0) is 27.7. The molecule has 1 N–H and O–H groups in total. The third kappa shape index (κ3) is 4.84. The largest absolute Gasteiger partial charge is 0.481 e. The minimum absolute atomic E-state index is 0.499. The highest BCUT2D eigenvalue weighted by Crippen LogP contribution is 2.33. The number of aromatic nitrogens is 6. The topological polar surface area (TPSA) is 117 Å². The zero-order valence-electron chi connectivity index (χ0n) is 22.1. The van der Waals surface area contributed by atoms with Crippen LogP contribution in [0.4, 0.5) is 5.82 Å². The molecule has 0 atom stereocenters. The van der Waals surface area contributed by atoms with E-state index in [1.165, 1.54) is 0 Å². The van der Waals surface area contributed by atoms with Gasteiger partial charge in [0, 0.05) is 91.6 Å². The number of aliphatic hydroxyl groups is 1. The van der Waals surface area contributed by atoms with Gasteiger partial charge in [-0.1, -0.05) is 11.8 Å². The zero-order valence-corrected chi connectivity index (χ0v) is 22.1. The van der Waals surface area contributed by atoms with Crippen LogP contribution in [0.3, 0.4) is 0 Å². The highest BCUT2D eigenvalue weighted by Gasteiger charge is 2.31. The van der Waals surface area contributed by atoms with Gasteiger partial charge in [0.05, 0.1) is 30.6 Å². The molecule has 40 heavy (non-hydrogen) atoms. The maximum atomic E-state index is 11.0. The number of fused-ring (bicyclic) bond motifs is 1. The molecule has 0 aliphatic carbocycles. The van der Waals surface area contributed by atoms with Crippen molar-refractivity contribution in [2.45, 2.75) is 18.4 Å². The number of anilines is 1. The molecular formula is C30H26N8O2. The van der Waals surface area contributed by atoms with Gasteiger partial charge in [-0.25, -0.2) is 14.5 Å². The van der Waals surface area contributed by atoms with E-state index in [1.54, 1.807) is 41.0 Å². The van der Waals surface area contributed by atoms with E-state index in [0.717, 1.165) is 39.2 Å². The first-order valence-corrected chi connectivity index (χ1v) is 12.8. The van der Waals surface area contributed by atoms with Crippen molar-refractivity contribution in [2.75, 3.05) is 25.1 Å². The monoisotopic (exact) mass is 530 g/mol. The Morgan fingerprint density at radius 1 is 0.950 bits per heavy atom.